The first-order valence-electron chi connectivity index (χ1n) is 10.4. The zero-order valence-electron chi connectivity index (χ0n) is 17.6. The number of anilines is 1. The summed E-state index contributed by atoms with van der Waals surface area (Å²) in [7, 11) is 0. The Morgan fingerprint density at radius 3 is 2.50 bits per heavy atom. The molecule has 0 radical (unpaired) electrons. The van der Waals surface area contributed by atoms with Gasteiger partial charge in [-0.3, -0.25) is 18.3 Å². The number of hydrogen-bond donors (Lipinski definition) is 1. The minimum atomic E-state index is -2.26. The third-order valence-electron chi connectivity index (χ3n) is 5.57. The topological polar surface area (TPSA) is 84.7 Å². The van der Waals surface area contributed by atoms with Crippen LogP contribution in [-0.2, 0) is 33.8 Å². The molecule has 168 valence electrons. The highest BCUT2D eigenvalue weighted by atomic mass is 32.2. The molecule has 2 atom stereocenters. The van der Waals surface area contributed by atoms with Crippen LogP contribution in [0.1, 0.15) is 37.1 Å². The lowest BCUT2D eigenvalue weighted by atomic mass is 9.92. The number of ether oxygens (including phenoxy) is 1. The molecule has 0 fully saturated rings. The standard InChI is InChI=1S/C23H24FN3O4S/c1-2-31-23(28)15-26-21-4-3-5-22(20(21)14-25-26)27(32(29)30)19-12-8-17(9-13-19)16-6-10-18(24)11-7-16/h6-14,22H,2-5,15H2,1H3,(H,29,30). The Labute approximate surface area is 188 Å². The highest BCUT2D eigenvalue weighted by Gasteiger charge is 2.32. The highest BCUT2D eigenvalue weighted by molar-refractivity contribution is 7.80. The lowest BCUT2D eigenvalue weighted by Crippen LogP contribution is -2.33. The number of rotatable bonds is 7. The van der Waals surface area contributed by atoms with Crippen molar-refractivity contribution in [1.29, 1.82) is 0 Å². The minimum absolute atomic E-state index is 0.0183. The van der Waals surface area contributed by atoms with Gasteiger partial charge < -0.3 is 4.74 Å². The van der Waals surface area contributed by atoms with E-state index >= 15 is 0 Å². The lowest BCUT2D eigenvalue weighted by Gasteiger charge is -2.33. The van der Waals surface area contributed by atoms with Gasteiger partial charge in [0.25, 0.3) is 11.3 Å². The van der Waals surface area contributed by atoms with Gasteiger partial charge in [-0.1, -0.05) is 24.3 Å². The van der Waals surface area contributed by atoms with E-state index in [0.29, 0.717) is 18.7 Å². The SMILES string of the molecule is CCOC(=O)Cn1ncc2c1CCCC2N(c1ccc(-c2ccc(F)cc2)cc1)S(=O)O. The molecule has 2 aromatic carbocycles. The number of esters is 1. The second-order valence-electron chi connectivity index (χ2n) is 7.53. The Bertz CT molecular complexity index is 1120. The molecule has 0 saturated heterocycles. The van der Waals surface area contributed by atoms with E-state index in [4.69, 9.17) is 4.74 Å². The van der Waals surface area contributed by atoms with Gasteiger partial charge in [0.1, 0.15) is 12.4 Å². The monoisotopic (exact) mass is 457 g/mol. The second kappa shape index (κ2) is 9.62. The fourth-order valence-corrected chi connectivity index (χ4v) is 4.86. The first kappa shape index (κ1) is 22.2. The molecule has 7 nitrogen and oxygen atoms in total. The molecule has 1 aliphatic rings. The van der Waals surface area contributed by atoms with E-state index < -0.39 is 11.3 Å². The van der Waals surface area contributed by atoms with Crippen molar-refractivity contribution < 1.29 is 22.7 Å². The Hall–Kier alpha value is -3.04. The molecule has 2 unspecified atom stereocenters. The number of halogens is 1. The summed E-state index contributed by atoms with van der Waals surface area (Å²) in [5.41, 5.74) is 4.05. The van der Waals surface area contributed by atoms with Crippen molar-refractivity contribution >= 4 is 22.9 Å². The van der Waals surface area contributed by atoms with Gasteiger partial charge in [-0.2, -0.15) is 5.10 Å². The van der Waals surface area contributed by atoms with Gasteiger partial charge in [0.15, 0.2) is 0 Å². The van der Waals surface area contributed by atoms with Crippen molar-refractivity contribution in [2.75, 3.05) is 10.9 Å². The highest BCUT2D eigenvalue weighted by Crippen LogP contribution is 2.38. The van der Waals surface area contributed by atoms with Crippen molar-refractivity contribution in [3.63, 3.8) is 0 Å². The van der Waals surface area contributed by atoms with Gasteiger partial charge in [-0.05, 0) is 61.6 Å². The fraction of sp³-hybridized carbons (Fsp3) is 0.304. The molecule has 0 spiro atoms. The zero-order valence-corrected chi connectivity index (χ0v) is 18.4. The molecule has 1 N–H and O–H groups in total. The third kappa shape index (κ3) is 4.58. The molecule has 0 bridgehead atoms. The van der Waals surface area contributed by atoms with Gasteiger partial charge in [0.05, 0.1) is 24.5 Å². The molecule has 1 aliphatic carbocycles. The van der Waals surface area contributed by atoms with E-state index in [2.05, 4.69) is 5.10 Å². The number of carbonyl (C=O) groups excluding carboxylic acids is 1. The number of benzene rings is 2. The summed E-state index contributed by atoms with van der Waals surface area (Å²) in [5, 5.41) is 4.34. The summed E-state index contributed by atoms with van der Waals surface area (Å²) in [6, 6.07) is 13.1. The van der Waals surface area contributed by atoms with Crippen LogP contribution in [0, 0.1) is 5.82 Å². The van der Waals surface area contributed by atoms with Crippen molar-refractivity contribution in [3.05, 3.63) is 71.8 Å². The molecule has 0 saturated carbocycles. The predicted octanol–water partition coefficient (Wildman–Crippen LogP) is 4.27. The van der Waals surface area contributed by atoms with E-state index in [1.54, 1.807) is 42.1 Å². The molecular weight excluding hydrogens is 433 g/mol. The van der Waals surface area contributed by atoms with E-state index in [1.165, 1.54) is 16.4 Å². The van der Waals surface area contributed by atoms with Crippen molar-refractivity contribution in [1.82, 2.24) is 9.78 Å². The summed E-state index contributed by atoms with van der Waals surface area (Å²) in [6.45, 7) is 2.07. The predicted molar refractivity (Wildman–Crippen MR) is 120 cm³/mol. The average Bonchev–Trinajstić information content (AvgIpc) is 3.18. The van der Waals surface area contributed by atoms with Crippen LogP contribution < -0.4 is 4.31 Å². The number of nitrogens with zero attached hydrogens (tertiary/aromatic N) is 3. The van der Waals surface area contributed by atoms with Gasteiger partial charge in [-0.25, -0.2) is 8.60 Å². The first-order valence-corrected chi connectivity index (χ1v) is 11.5. The van der Waals surface area contributed by atoms with Crippen LogP contribution in [0.25, 0.3) is 11.1 Å². The van der Waals surface area contributed by atoms with Crippen LogP contribution in [0.2, 0.25) is 0 Å². The summed E-state index contributed by atoms with van der Waals surface area (Å²) in [5.74, 6) is -0.664. The second-order valence-corrected chi connectivity index (χ2v) is 8.38. The number of aromatic nitrogens is 2. The maximum Gasteiger partial charge on any atom is 0.327 e. The smallest absolute Gasteiger partial charge is 0.327 e. The summed E-state index contributed by atoms with van der Waals surface area (Å²) >= 11 is -2.26. The van der Waals surface area contributed by atoms with Crippen LogP contribution in [0.3, 0.4) is 0 Å². The molecular formula is C23H24FN3O4S. The fourth-order valence-electron chi connectivity index (χ4n) is 4.13. The summed E-state index contributed by atoms with van der Waals surface area (Å²) < 4.78 is 43.8. The van der Waals surface area contributed by atoms with Gasteiger partial charge in [0.2, 0.25) is 0 Å². The molecule has 0 amide bonds. The van der Waals surface area contributed by atoms with Gasteiger partial charge >= 0.3 is 5.97 Å². The Morgan fingerprint density at radius 2 is 1.88 bits per heavy atom. The molecule has 4 rings (SSSR count). The van der Waals surface area contributed by atoms with Crippen molar-refractivity contribution in [2.24, 2.45) is 0 Å². The van der Waals surface area contributed by atoms with E-state index in [1.807, 2.05) is 12.1 Å². The number of carbonyl (C=O) groups is 1. The lowest BCUT2D eigenvalue weighted by molar-refractivity contribution is -0.144. The number of fused-ring (bicyclic) bond motifs is 1. The zero-order chi connectivity index (χ0) is 22.7. The summed E-state index contributed by atoms with van der Waals surface area (Å²) in [6.07, 6.45) is 3.89. The van der Waals surface area contributed by atoms with Gasteiger partial charge in [-0.15, -0.1) is 0 Å². The Morgan fingerprint density at radius 1 is 1.22 bits per heavy atom. The molecule has 32 heavy (non-hydrogen) atoms. The quantitative estimate of drug-likeness (QED) is 0.423. The van der Waals surface area contributed by atoms with Crippen LogP contribution >= 0.6 is 0 Å². The van der Waals surface area contributed by atoms with E-state index in [-0.39, 0.29) is 24.4 Å². The Kier molecular flexibility index (Phi) is 6.66. The molecule has 3 aromatic rings. The maximum atomic E-state index is 13.2. The molecule has 1 aromatic heterocycles. The molecule has 1 heterocycles. The maximum absolute atomic E-state index is 13.2. The van der Waals surface area contributed by atoms with Gasteiger partial charge in [0, 0.05) is 11.3 Å². The average molecular weight is 458 g/mol. The van der Waals surface area contributed by atoms with Crippen LogP contribution in [0.15, 0.2) is 54.7 Å². The van der Waals surface area contributed by atoms with Crippen LogP contribution in [0.4, 0.5) is 10.1 Å². The van der Waals surface area contributed by atoms with Crippen molar-refractivity contribution in [3.8, 4) is 11.1 Å². The van der Waals surface area contributed by atoms with Crippen LogP contribution in [-0.4, -0.2) is 31.1 Å². The largest absolute Gasteiger partial charge is 0.465 e. The van der Waals surface area contributed by atoms with Crippen molar-refractivity contribution in [2.45, 2.75) is 38.8 Å². The third-order valence-corrected chi connectivity index (χ3v) is 6.37. The van der Waals surface area contributed by atoms with E-state index in [9.17, 15) is 17.9 Å². The normalized spacial score (nSPS) is 16.3. The van der Waals surface area contributed by atoms with E-state index in [0.717, 1.165) is 35.2 Å². The molecule has 0 aliphatic heterocycles. The first-order chi connectivity index (χ1) is 15.5. The minimum Gasteiger partial charge on any atom is -0.465 e. The molecule has 9 heteroatoms. The van der Waals surface area contributed by atoms with Crippen LogP contribution in [0.5, 0.6) is 0 Å². The number of hydrogen-bond acceptors (Lipinski definition) is 4. The summed E-state index contributed by atoms with van der Waals surface area (Å²) in [4.78, 5) is 11.9. The Balaban J connectivity index is 1.62.